The van der Waals surface area contributed by atoms with Gasteiger partial charge in [-0.3, -0.25) is 0 Å². The molecule has 1 N–H and O–H groups in total. The van der Waals surface area contributed by atoms with Gasteiger partial charge >= 0.3 is 0 Å². The number of nitrogens with one attached hydrogen (secondary N) is 1. The first-order valence-electron chi connectivity index (χ1n) is 9.19. The number of fused-ring (bicyclic) bond motifs is 1. The highest BCUT2D eigenvalue weighted by atomic mass is 32.1. The van der Waals surface area contributed by atoms with Crippen LogP contribution in [0.3, 0.4) is 0 Å². The van der Waals surface area contributed by atoms with Crippen LogP contribution in [0.2, 0.25) is 0 Å². The number of anilines is 1. The minimum absolute atomic E-state index is 0.217. The zero-order chi connectivity index (χ0) is 21.8. The van der Waals surface area contributed by atoms with E-state index in [1.807, 2.05) is 23.6 Å². The smallest absolute Gasteiger partial charge is 0.231 e. The standard InChI is InChI=1S/C22H19N3O5S/c1-26-19-7-15(8-20(27-2)21(19)28-3)24-10-14(9-23)22-25-16(11-31-22)13-4-5-17-18(6-13)30-12-29-17/h4-8,10-11,24H,12H2,1-3H3. The van der Waals surface area contributed by atoms with Crippen molar-refractivity contribution in [2.24, 2.45) is 0 Å². The fourth-order valence-corrected chi connectivity index (χ4v) is 3.84. The van der Waals surface area contributed by atoms with E-state index in [4.69, 9.17) is 23.7 Å². The Morgan fingerprint density at radius 3 is 2.52 bits per heavy atom. The molecular weight excluding hydrogens is 418 g/mol. The summed E-state index contributed by atoms with van der Waals surface area (Å²) in [5.74, 6) is 2.91. The molecule has 1 aromatic heterocycles. The van der Waals surface area contributed by atoms with Crippen molar-refractivity contribution in [3.05, 3.63) is 46.9 Å². The van der Waals surface area contributed by atoms with Crippen LogP contribution < -0.4 is 29.0 Å². The number of rotatable bonds is 7. The molecule has 0 spiro atoms. The molecule has 8 nitrogen and oxygen atoms in total. The van der Waals surface area contributed by atoms with Crippen LogP contribution in [-0.4, -0.2) is 33.1 Å². The summed E-state index contributed by atoms with van der Waals surface area (Å²) in [6, 6.07) is 11.3. The Balaban J connectivity index is 1.58. The quantitative estimate of drug-likeness (QED) is 0.538. The van der Waals surface area contributed by atoms with Crippen LogP contribution in [0.5, 0.6) is 28.7 Å². The first kappa shape index (κ1) is 20.4. The number of nitriles is 1. The Morgan fingerprint density at radius 2 is 1.84 bits per heavy atom. The van der Waals surface area contributed by atoms with Gasteiger partial charge in [-0.05, 0) is 18.2 Å². The van der Waals surface area contributed by atoms with E-state index in [0.29, 0.717) is 45.0 Å². The number of nitrogens with zero attached hydrogens (tertiary/aromatic N) is 2. The van der Waals surface area contributed by atoms with Gasteiger partial charge in [-0.15, -0.1) is 11.3 Å². The van der Waals surface area contributed by atoms with Crippen LogP contribution in [0.1, 0.15) is 5.01 Å². The van der Waals surface area contributed by atoms with Gasteiger partial charge in [-0.2, -0.15) is 5.26 Å². The van der Waals surface area contributed by atoms with Gasteiger partial charge in [0, 0.05) is 35.0 Å². The van der Waals surface area contributed by atoms with Crippen LogP contribution in [0, 0.1) is 11.3 Å². The van der Waals surface area contributed by atoms with Crippen LogP contribution >= 0.6 is 11.3 Å². The van der Waals surface area contributed by atoms with Crippen molar-refractivity contribution in [1.82, 2.24) is 4.98 Å². The topological polar surface area (TPSA) is 94.9 Å². The van der Waals surface area contributed by atoms with Crippen molar-refractivity contribution >= 4 is 22.6 Å². The molecular formula is C22H19N3O5S. The highest BCUT2D eigenvalue weighted by Gasteiger charge is 2.16. The largest absolute Gasteiger partial charge is 0.493 e. The lowest BCUT2D eigenvalue weighted by Crippen LogP contribution is -1.98. The summed E-state index contributed by atoms with van der Waals surface area (Å²) in [5.41, 5.74) is 2.72. The number of ether oxygens (including phenoxy) is 5. The molecule has 0 amide bonds. The molecule has 0 saturated carbocycles. The maximum Gasteiger partial charge on any atom is 0.231 e. The van der Waals surface area contributed by atoms with Crippen molar-refractivity contribution in [3.63, 3.8) is 0 Å². The average molecular weight is 437 g/mol. The maximum atomic E-state index is 9.65. The Hall–Kier alpha value is -3.90. The Bertz CT molecular complexity index is 1160. The molecule has 158 valence electrons. The summed E-state index contributed by atoms with van der Waals surface area (Å²) in [5, 5.41) is 15.3. The highest BCUT2D eigenvalue weighted by molar-refractivity contribution is 7.11. The molecule has 0 saturated heterocycles. The molecule has 9 heteroatoms. The minimum Gasteiger partial charge on any atom is -0.493 e. The molecule has 0 atom stereocenters. The molecule has 0 fully saturated rings. The van der Waals surface area contributed by atoms with E-state index < -0.39 is 0 Å². The predicted octanol–water partition coefficient (Wildman–Crippen LogP) is 4.54. The van der Waals surface area contributed by atoms with E-state index in [1.165, 1.54) is 11.3 Å². The van der Waals surface area contributed by atoms with E-state index in [-0.39, 0.29) is 6.79 Å². The van der Waals surface area contributed by atoms with Crippen LogP contribution in [-0.2, 0) is 0 Å². The SMILES string of the molecule is COc1cc(NC=C(C#N)c2nc(-c3ccc4c(c3)OCO4)cs2)cc(OC)c1OC. The van der Waals surface area contributed by atoms with Gasteiger partial charge in [-0.25, -0.2) is 4.98 Å². The number of benzene rings is 2. The maximum absolute atomic E-state index is 9.65. The normalized spacial score (nSPS) is 12.3. The number of thiazole rings is 1. The van der Waals surface area contributed by atoms with Crippen LogP contribution in [0.4, 0.5) is 5.69 Å². The molecule has 0 aliphatic carbocycles. The first-order chi connectivity index (χ1) is 15.2. The van der Waals surface area contributed by atoms with Gasteiger partial charge < -0.3 is 29.0 Å². The lowest BCUT2D eigenvalue weighted by atomic mass is 10.1. The second-order valence-corrected chi connectivity index (χ2v) is 7.19. The van der Waals surface area contributed by atoms with Crippen molar-refractivity contribution < 1.29 is 23.7 Å². The molecule has 2 heterocycles. The van der Waals surface area contributed by atoms with E-state index in [1.54, 1.807) is 39.7 Å². The third-order valence-corrected chi connectivity index (χ3v) is 5.45. The molecule has 0 bridgehead atoms. The summed E-state index contributed by atoms with van der Waals surface area (Å²) in [4.78, 5) is 4.61. The first-order valence-corrected chi connectivity index (χ1v) is 10.1. The van der Waals surface area contributed by atoms with E-state index in [9.17, 15) is 5.26 Å². The zero-order valence-corrected chi connectivity index (χ0v) is 17.9. The van der Waals surface area contributed by atoms with E-state index >= 15 is 0 Å². The number of allylic oxidation sites excluding steroid dienone is 1. The molecule has 3 aromatic rings. The van der Waals surface area contributed by atoms with Gasteiger partial charge in [0.15, 0.2) is 23.0 Å². The summed E-state index contributed by atoms with van der Waals surface area (Å²) in [7, 11) is 4.64. The van der Waals surface area contributed by atoms with Crippen molar-refractivity contribution in [2.75, 3.05) is 33.4 Å². The fourth-order valence-electron chi connectivity index (χ4n) is 3.05. The van der Waals surface area contributed by atoms with Crippen LogP contribution in [0.15, 0.2) is 41.9 Å². The van der Waals surface area contributed by atoms with E-state index in [0.717, 1.165) is 11.3 Å². The zero-order valence-electron chi connectivity index (χ0n) is 17.1. The Kier molecular flexibility index (Phi) is 5.82. The number of methoxy groups -OCH3 is 3. The summed E-state index contributed by atoms with van der Waals surface area (Å²) < 4.78 is 26.8. The monoisotopic (exact) mass is 437 g/mol. The number of aromatic nitrogens is 1. The highest BCUT2D eigenvalue weighted by Crippen LogP contribution is 2.40. The summed E-state index contributed by atoms with van der Waals surface area (Å²) in [6.07, 6.45) is 1.60. The Labute approximate surface area is 183 Å². The predicted molar refractivity (Wildman–Crippen MR) is 117 cm³/mol. The second-order valence-electron chi connectivity index (χ2n) is 6.33. The molecule has 0 radical (unpaired) electrons. The molecule has 1 aliphatic heterocycles. The second kappa shape index (κ2) is 8.85. The third kappa shape index (κ3) is 4.06. The lowest BCUT2D eigenvalue weighted by molar-refractivity contribution is 0.174. The van der Waals surface area contributed by atoms with Crippen molar-refractivity contribution in [1.29, 1.82) is 5.26 Å². The van der Waals surface area contributed by atoms with Crippen LogP contribution in [0.25, 0.3) is 16.8 Å². The van der Waals surface area contributed by atoms with Gasteiger partial charge in [0.2, 0.25) is 12.5 Å². The molecule has 31 heavy (non-hydrogen) atoms. The van der Waals surface area contributed by atoms with Gasteiger partial charge in [0.05, 0.1) is 27.0 Å². The average Bonchev–Trinajstić information content (AvgIpc) is 3.48. The molecule has 1 aliphatic rings. The molecule has 0 unspecified atom stereocenters. The summed E-state index contributed by atoms with van der Waals surface area (Å²) in [6.45, 7) is 0.217. The van der Waals surface area contributed by atoms with E-state index in [2.05, 4.69) is 16.4 Å². The van der Waals surface area contributed by atoms with Crippen molar-refractivity contribution in [2.45, 2.75) is 0 Å². The molecule has 4 rings (SSSR count). The molecule has 2 aromatic carbocycles. The van der Waals surface area contributed by atoms with Gasteiger partial charge in [0.1, 0.15) is 16.6 Å². The van der Waals surface area contributed by atoms with Gasteiger partial charge in [-0.1, -0.05) is 0 Å². The fraction of sp³-hybridized carbons (Fsp3) is 0.182. The number of hydrogen-bond donors (Lipinski definition) is 1. The third-order valence-electron chi connectivity index (χ3n) is 4.57. The Morgan fingerprint density at radius 1 is 1.10 bits per heavy atom. The van der Waals surface area contributed by atoms with Gasteiger partial charge in [0.25, 0.3) is 0 Å². The minimum atomic E-state index is 0.217. The van der Waals surface area contributed by atoms with Crippen molar-refractivity contribution in [3.8, 4) is 46.1 Å². The summed E-state index contributed by atoms with van der Waals surface area (Å²) >= 11 is 1.38. The lowest BCUT2D eigenvalue weighted by Gasteiger charge is -2.14. The number of hydrogen-bond acceptors (Lipinski definition) is 9.